The number of fused-ring (bicyclic) bond motifs is 3. The van der Waals surface area contributed by atoms with Crippen molar-refractivity contribution in [2.24, 2.45) is 0 Å². The van der Waals surface area contributed by atoms with Gasteiger partial charge in [0.05, 0.1) is 11.0 Å². The third-order valence-corrected chi connectivity index (χ3v) is 6.23. The van der Waals surface area contributed by atoms with Crippen LogP contribution in [0.4, 0.5) is 11.5 Å². The number of carbonyl (C=O) groups excluding carboxylic acids is 2. The van der Waals surface area contributed by atoms with E-state index < -0.39 is 5.60 Å². The van der Waals surface area contributed by atoms with Gasteiger partial charge in [0.1, 0.15) is 11.4 Å². The summed E-state index contributed by atoms with van der Waals surface area (Å²) < 4.78 is 7.31. The molecule has 3 N–H and O–H groups in total. The van der Waals surface area contributed by atoms with E-state index in [-0.39, 0.29) is 18.2 Å². The Hall–Kier alpha value is -4.01. The van der Waals surface area contributed by atoms with E-state index in [1.54, 1.807) is 0 Å². The Bertz CT molecular complexity index is 1490. The molecule has 0 spiro atoms. The van der Waals surface area contributed by atoms with E-state index in [2.05, 4.69) is 15.5 Å². The molecular formula is C29H36N6O3. The Kier molecular flexibility index (Phi) is 7.94. The van der Waals surface area contributed by atoms with Crippen molar-refractivity contribution in [3.8, 4) is 0 Å². The second-order valence-corrected chi connectivity index (χ2v) is 10.7. The molecule has 0 bridgehead atoms. The summed E-state index contributed by atoms with van der Waals surface area (Å²) in [6.45, 7) is 10.1. The maximum absolute atomic E-state index is 13.1. The predicted octanol–water partition coefficient (Wildman–Crippen LogP) is 5.22. The van der Waals surface area contributed by atoms with Crippen molar-refractivity contribution in [2.75, 3.05) is 17.6 Å². The molecule has 0 atom stereocenters. The van der Waals surface area contributed by atoms with Gasteiger partial charge in [0.15, 0.2) is 11.6 Å². The molecule has 0 saturated carbocycles. The van der Waals surface area contributed by atoms with E-state index in [0.29, 0.717) is 41.2 Å². The highest BCUT2D eigenvalue weighted by molar-refractivity contribution is 6.01. The molecule has 2 heterocycles. The van der Waals surface area contributed by atoms with Crippen LogP contribution in [0.25, 0.3) is 16.7 Å². The van der Waals surface area contributed by atoms with Gasteiger partial charge < -0.3 is 15.8 Å². The molecular weight excluding hydrogens is 480 g/mol. The second kappa shape index (κ2) is 11.2. The minimum atomic E-state index is -0.458. The molecule has 0 aliphatic heterocycles. The molecule has 4 aromatic rings. The number of nitrogens with two attached hydrogens (primary N) is 1. The summed E-state index contributed by atoms with van der Waals surface area (Å²) in [5, 5.41) is 11.9. The Balaban J connectivity index is 1.46. The van der Waals surface area contributed by atoms with Crippen molar-refractivity contribution < 1.29 is 14.3 Å². The lowest BCUT2D eigenvalue weighted by Gasteiger charge is -2.19. The lowest BCUT2D eigenvalue weighted by molar-refractivity contribution is -0.154. The highest BCUT2D eigenvalue weighted by atomic mass is 16.6. The lowest BCUT2D eigenvalue weighted by atomic mass is 10.00. The van der Waals surface area contributed by atoms with Gasteiger partial charge in [-0.05, 0) is 82.9 Å². The molecule has 0 fully saturated rings. The minimum absolute atomic E-state index is 0.0238. The fourth-order valence-electron chi connectivity index (χ4n) is 4.39. The lowest BCUT2D eigenvalue weighted by Crippen LogP contribution is -2.23. The number of nitrogen functional groups attached to an aromatic ring is 1. The third kappa shape index (κ3) is 6.45. The van der Waals surface area contributed by atoms with Gasteiger partial charge in [0, 0.05) is 30.6 Å². The van der Waals surface area contributed by atoms with Crippen LogP contribution in [-0.4, -0.2) is 43.5 Å². The summed E-state index contributed by atoms with van der Waals surface area (Å²) in [6.07, 6.45) is 3.13. The number of Topliss-reactive ketones (excluding diaryl/α,β-unsaturated/α-hetero) is 1. The maximum Gasteiger partial charge on any atom is 0.306 e. The van der Waals surface area contributed by atoms with E-state index in [1.807, 2.05) is 75.4 Å². The highest BCUT2D eigenvalue weighted by Crippen LogP contribution is 2.24. The van der Waals surface area contributed by atoms with Crippen LogP contribution >= 0.6 is 0 Å². The van der Waals surface area contributed by atoms with E-state index in [1.165, 1.54) is 0 Å². The SMILES string of the molecule is Cc1ccc(CC(=O)c2ccc3c(c2)nc(NCCCCCC(=O)OC(C)(C)C)c2nnc(C)n23)c(N)c1. The van der Waals surface area contributed by atoms with E-state index in [9.17, 15) is 9.59 Å². The fraction of sp³-hybridized carbons (Fsp3) is 0.414. The molecule has 200 valence electrons. The molecule has 2 aromatic carbocycles. The van der Waals surface area contributed by atoms with Gasteiger partial charge in [-0.3, -0.25) is 14.0 Å². The molecule has 0 unspecified atom stereocenters. The molecule has 0 radical (unpaired) electrons. The van der Waals surface area contributed by atoms with Crippen LogP contribution in [0.15, 0.2) is 36.4 Å². The number of nitrogens with zero attached hydrogens (tertiary/aromatic N) is 4. The summed E-state index contributed by atoms with van der Waals surface area (Å²) >= 11 is 0. The number of unbranched alkanes of at least 4 members (excludes halogenated alkanes) is 2. The third-order valence-electron chi connectivity index (χ3n) is 6.23. The first-order chi connectivity index (χ1) is 18.0. The van der Waals surface area contributed by atoms with Crippen LogP contribution in [0.2, 0.25) is 0 Å². The zero-order valence-corrected chi connectivity index (χ0v) is 22.8. The standard InChI is InChI=1S/C29H36N6O3/c1-18-10-11-20(22(30)15-18)17-25(36)21-12-13-24-23(16-21)32-27(28-34-33-19(2)35(24)28)31-14-8-6-7-9-26(37)38-29(3,4)5/h10-13,15-16H,6-9,14,17,30H2,1-5H3,(H,31,32). The second-order valence-electron chi connectivity index (χ2n) is 10.7. The molecule has 0 saturated heterocycles. The van der Waals surface area contributed by atoms with Gasteiger partial charge in [-0.25, -0.2) is 4.98 Å². The van der Waals surface area contributed by atoms with Crippen LogP contribution in [0, 0.1) is 13.8 Å². The normalized spacial score (nSPS) is 11.7. The first-order valence-electron chi connectivity index (χ1n) is 13.0. The Morgan fingerprint density at radius 3 is 2.55 bits per heavy atom. The Labute approximate surface area is 222 Å². The summed E-state index contributed by atoms with van der Waals surface area (Å²) in [5.74, 6) is 1.15. The van der Waals surface area contributed by atoms with Crippen LogP contribution in [0.1, 0.15) is 73.8 Å². The smallest absolute Gasteiger partial charge is 0.306 e. The first-order valence-corrected chi connectivity index (χ1v) is 13.0. The minimum Gasteiger partial charge on any atom is -0.460 e. The van der Waals surface area contributed by atoms with Crippen molar-refractivity contribution >= 4 is 39.9 Å². The van der Waals surface area contributed by atoms with Crippen LogP contribution in [-0.2, 0) is 16.0 Å². The van der Waals surface area contributed by atoms with Gasteiger partial charge in [0.2, 0.25) is 5.65 Å². The van der Waals surface area contributed by atoms with Crippen LogP contribution < -0.4 is 11.1 Å². The number of nitrogens with one attached hydrogen (secondary N) is 1. The van der Waals surface area contributed by atoms with E-state index in [0.717, 1.165) is 41.7 Å². The molecule has 0 amide bonds. The molecule has 2 aromatic heterocycles. The van der Waals surface area contributed by atoms with Gasteiger partial charge in [0.25, 0.3) is 0 Å². The number of aromatic nitrogens is 4. The van der Waals surface area contributed by atoms with E-state index >= 15 is 0 Å². The van der Waals surface area contributed by atoms with Gasteiger partial charge in [-0.2, -0.15) is 0 Å². The highest BCUT2D eigenvalue weighted by Gasteiger charge is 2.17. The summed E-state index contributed by atoms with van der Waals surface area (Å²) in [5.41, 5.74) is 10.9. The molecule has 0 aliphatic carbocycles. The number of rotatable bonds is 10. The number of esters is 1. The van der Waals surface area contributed by atoms with Crippen molar-refractivity contribution in [1.82, 2.24) is 19.6 Å². The summed E-state index contributed by atoms with van der Waals surface area (Å²) in [6, 6.07) is 11.3. The number of hydrogen-bond donors (Lipinski definition) is 2. The van der Waals surface area contributed by atoms with E-state index in [4.69, 9.17) is 15.5 Å². The fourth-order valence-corrected chi connectivity index (χ4v) is 4.39. The monoisotopic (exact) mass is 516 g/mol. The predicted molar refractivity (Wildman–Crippen MR) is 149 cm³/mol. The number of carbonyl (C=O) groups is 2. The molecule has 9 heteroatoms. The number of ether oxygens (including phenoxy) is 1. The first kappa shape index (κ1) is 27.0. The number of benzene rings is 2. The number of anilines is 2. The summed E-state index contributed by atoms with van der Waals surface area (Å²) in [4.78, 5) is 29.8. The Morgan fingerprint density at radius 1 is 1.03 bits per heavy atom. The summed E-state index contributed by atoms with van der Waals surface area (Å²) in [7, 11) is 0. The molecule has 38 heavy (non-hydrogen) atoms. The van der Waals surface area contributed by atoms with Gasteiger partial charge >= 0.3 is 5.97 Å². The largest absolute Gasteiger partial charge is 0.460 e. The number of hydrogen-bond acceptors (Lipinski definition) is 8. The molecule has 0 aliphatic rings. The van der Waals surface area contributed by atoms with Gasteiger partial charge in [-0.1, -0.05) is 18.6 Å². The average molecular weight is 517 g/mol. The number of aryl methyl sites for hydroxylation is 2. The zero-order valence-electron chi connectivity index (χ0n) is 22.8. The van der Waals surface area contributed by atoms with Crippen LogP contribution in [0.5, 0.6) is 0 Å². The van der Waals surface area contributed by atoms with Crippen molar-refractivity contribution in [3.05, 3.63) is 58.9 Å². The van der Waals surface area contributed by atoms with Crippen molar-refractivity contribution in [2.45, 2.75) is 72.3 Å². The average Bonchev–Trinajstić information content (AvgIpc) is 3.23. The Morgan fingerprint density at radius 2 is 1.82 bits per heavy atom. The maximum atomic E-state index is 13.1. The molecule has 9 nitrogen and oxygen atoms in total. The topological polar surface area (TPSA) is 124 Å². The van der Waals surface area contributed by atoms with Crippen LogP contribution in [0.3, 0.4) is 0 Å². The zero-order chi connectivity index (χ0) is 27.4. The van der Waals surface area contributed by atoms with Crippen molar-refractivity contribution in [3.63, 3.8) is 0 Å². The van der Waals surface area contributed by atoms with Crippen molar-refractivity contribution in [1.29, 1.82) is 0 Å². The van der Waals surface area contributed by atoms with Gasteiger partial charge in [-0.15, -0.1) is 10.2 Å². The quantitative estimate of drug-likeness (QED) is 0.127. The molecule has 4 rings (SSSR count). The number of ketones is 1.